The minimum Gasteiger partial charge on any atom is -0.353 e. The van der Waals surface area contributed by atoms with E-state index in [1.807, 2.05) is 12.1 Å². The Bertz CT molecular complexity index is 524. The van der Waals surface area contributed by atoms with Crippen LogP contribution in [-0.4, -0.2) is 18.5 Å². The van der Waals surface area contributed by atoms with Crippen molar-refractivity contribution in [1.29, 1.82) is 0 Å². The molecule has 21 heavy (non-hydrogen) atoms. The molecular weight excluding hydrogens is 260 g/mol. The maximum atomic E-state index is 12.7. The lowest BCUT2D eigenvalue weighted by atomic mass is 9.75. The molecule has 1 aliphatic heterocycles. The van der Waals surface area contributed by atoms with Crippen LogP contribution in [0.2, 0.25) is 0 Å². The van der Waals surface area contributed by atoms with Crippen LogP contribution in [0.4, 0.5) is 0 Å². The average Bonchev–Trinajstić information content (AvgIpc) is 2.45. The Morgan fingerprint density at radius 3 is 2.95 bits per heavy atom. The first-order valence-electron chi connectivity index (χ1n) is 8.14. The van der Waals surface area contributed by atoms with Crippen molar-refractivity contribution in [2.24, 2.45) is 5.41 Å². The fourth-order valence-corrected chi connectivity index (χ4v) is 3.85. The van der Waals surface area contributed by atoms with Crippen LogP contribution in [0, 0.1) is 5.41 Å². The summed E-state index contributed by atoms with van der Waals surface area (Å²) in [4.78, 5) is 12.7. The Morgan fingerprint density at radius 1 is 1.33 bits per heavy atom. The van der Waals surface area contributed by atoms with Gasteiger partial charge in [0.05, 0.1) is 5.92 Å². The van der Waals surface area contributed by atoms with Crippen LogP contribution in [0.3, 0.4) is 0 Å². The highest BCUT2D eigenvalue weighted by atomic mass is 16.2. The number of carbonyl (C=O) groups is 1. The minimum atomic E-state index is -0.0417. The van der Waals surface area contributed by atoms with Crippen LogP contribution in [0.15, 0.2) is 24.3 Å². The summed E-state index contributed by atoms with van der Waals surface area (Å²) in [6, 6.07) is 8.64. The van der Waals surface area contributed by atoms with Crippen LogP contribution in [-0.2, 0) is 11.3 Å². The molecule has 1 heterocycles. The molecule has 0 radical (unpaired) electrons. The summed E-state index contributed by atoms with van der Waals surface area (Å²) in [5.74, 6) is 0.150. The number of amides is 1. The molecule has 1 fully saturated rings. The summed E-state index contributed by atoms with van der Waals surface area (Å²) in [5.41, 5.74) is 2.82. The fourth-order valence-electron chi connectivity index (χ4n) is 3.85. The highest BCUT2D eigenvalue weighted by Crippen LogP contribution is 2.35. The molecule has 1 aromatic carbocycles. The molecular formula is C18H26N2O. The van der Waals surface area contributed by atoms with E-state index < -0.39 is 0 Å². The van der Waals surface area contributed by atoms with Gasteiger partial charge >= 0.3 is 0 Å². The van der Waals surface area contributed by atoms with E-state index >= 15 is 0 Å². The fraction of sp³-hybridized carbons (Fsp3) is 0.611. The molecule has 1 aliphatic carbocycles. The van der Waals surface area contributed by atoms with E-state index in [1.165, 1.54) is 24.0 Å². The zero-order valence-corrected chi connectivity index (χ0v) is 13.1. The number of nitrogens with one attached hydrogen (secondary N) is 2. The zero-order chi connectivity index (χ0) is 14.9. The molecule has 0 saturated heterocycles. The molecule has 2 unspecified atom stereocenters. The second-order valence-electron chi connectivity index (χ2n) is 7.35. The van der Waals surface area contributed by atoms with Gasteiger partial charge in [0.25, 0.3) is 0 Å². The Kier molecular flexibility index (Phi) is 4.03. The first-order valence-corrected chi connectivity index (χ1v) is 8.14. The predicted octanol–water partition coefficient (Wildman–Crippen LogP) is 2.96. The normalized spacial score (nSPS) is 27.7. The van der Waals surface area contributed by atoms with E-state index in [2.05, 4.69) is 36.6 Å². The lowest BCUT2D eigenvalue weighted by Crippen LogP contribution is -2.45. The number of fused-ring (bicyclic) bond motifs is 1. The standard InChI is InChI=1S/C18H26N2O/c1-18(2)9-5-7-14(10-18)20-17(21)16-12-19-11-13-6-3-4-8-15(13)16/h3-4,6,8,14,16,19H,5,7,9-12H2,1-2H3,(H,20,21). The summed E-state index contributed by atoms with van der Waals surface area (Å²) in [6.07, 6.45) is 4.71. The monoisotopic (exact) mass is 286 g/mol. The number of hydrogen-bond donors (Lipinski definition) is 2. The van der Waals surface area contributed by atoms with Crippen molar-refractivity contribution in [3.05, 3.63) is 35.4 Å². The van der Waals surface area contributed by atoms with Crippen LogP contribution >= 0.6 is 0 Å². The summed E-state index contributed by atoms with van der Waals surface area (Å²) in [6.45, 7) is 6.24. The third-order valence-electron chi connectivity index (χ3n) is 4.96. The molecule has 0 aromatic heterocycles. The van der Waals surface area contributed by atoms with E-state index in [0.29, 0.717) is 11.5 Å². The van der Waals surface area contributed by atoms with E-state index in [-0.39, 0.29) is 11.8 Å². The number of carbonyl (C=O) groups excluding carboxylic acids is 1. The Hall–Kier alpha value is -1.35. The first kappa shape index (κ1) is 14.6. The molecule has 114 valence electrons. The van der Waals surface area contributed by atoms with Crippen LogP contribution in [0.1, 0.15) is 56.6 Å². The van der Waals surface area contributed by atoms with Crippen molar-refractivity contribution in [2.45, 2.75) is 58.0 Å². The number of rotatable bonds is 2. The second kappa shape index (κ2) is 5.80. The van der Waals surface area contributed by atoms with Crippen molar-refractivity contribution in [2.75, 3.05) is 6.54 Å². The van der Waals surface area contributed by atoms with Gasteiger partial charge in [-0.1, -0.05) is 44.5 Å². The van der Waals surface area contributed by atoms with Gasteiger partial charge in [-0.3, -0.25) is 4.79 Å². The third-order valence-corrected chi connectivity index (χ3v) is 4.96. The zero-order valence-electron chi connectivity index (χ0n) is 13.1. The summed E-state index contributed by atoms with van der Waals surface area (Å²) in [7, 11) is 0. The summed E-state index contributed by atoms with van der Waals surface area (Å²) in [5, 5.41) is 6.67. The van der Waals surface area contributed by atoms with Crippen molar-refractivity contribution in [1.82, 2.24) is 10.6 Å². The largest absolute Gasteiger partial charge is 0.353 e. The van der Waals surface area contributed by atoms with E-state index in [1.54, 1.807) is 0 Å². The molecule has 3 nitrogen and oxygen atoms in total. The van der Waals surface area contributed by atoms with Gasteiger partial charge in [0.15, 0.2) is 0 Å². The maximum absolute atomic E-state index is 12.7. The second-order valence-corrected chi connectivity index (χ2v) is 7.35. The lowest BCUT2D eigenvalue weighted by Gasteiger charge is -2.36. The molecule has 3 rings (SSSR count). The van der Waals surface area contributed by atoms with Crippen molar-refractivity contribution in [3.63, 3.8) is 0 Å². The summed E-state index contributed by atoms with van der Waals surface area (Å²) < 4.78 is 0. The third kappa shape index (κ3) is 3.29. The number of hydrogen-bond acceptors (Lipinski definition) is 2. The van der Waals surface area contributed by atoms with Gasteiger partial charge in [0.1, 0.15) is 0 Å². The molecule has 1 aromatic rings. The maximum Gasteiger partial charge on any atom is 0.229 e. The molecule has 1 amide bonds. The van der Waals surface area contributed by atoms with E-state index in [0.717, 1.165) is 25.9 Å². The smallest absolute Gasteiger partial charge is 0.229 e. The molecule has 0 spiro atoms. The van der Waals surface area contributed by atoms with Crippen molar-refractivity contribution in [3.8, 4) is 0 Å². The van der Waals surface area contributed by atoms with Crippen LogP contribution in [0.25, 0.3) is 0 Å². The van der Waals surface area contributed by atoms with Gasteiger partial charge in [-0.05, 0) is 35.8 Å². The van der Waals surface area contributed by atoms with Crippen molar-refractivity contribution < 1.29 is 4.79 Å². The highest BCUT2D eigenvalue weighted by molar-refractivity contribution is 5.85. The minimum absolute atomic E-state index is 0.0417. The van der Waals surface area contributed by atoms with Gasteiger partial charge in [-0.25, -0.2) is 0 Å². The van der Waals surface area contributed by atoms with Gasteiger partial charge < -0.3 is 10.6 Å². The van der Waals surface area contributed by atoms with Gasteiger partial charge in [0.2, 0.25) is 5.91 Å². The molecule has 3 heteroatoms. The van der Waals surface area contributed by atoms with Gasteiger partial charge in [-0.2, -0.15) is 0 Å². The number of benzene rings is 1. The van der Waals surface area contributed by atoms with Crippen molar-refractivity contribution >= 4 is 5.91 Å². The van der Waals surface area contributed by atoms with E-state index in [4.69, 9.17) is 0 Å². The van der Waals surface area contributed by atoms with Crippen LogP contribution in [0.5, 0.6) is 0 Å². The lowest BCUT2D eigenvalue weighted by molar-refractivity contribution is -0.123. The van der Waals surface area contributed by atoms with E-state index in [9.17, 15) is 4.79 Å². The van der Waals surface area contributed by atoms with Gasteiger partial charge in [0, 0.05) is 19.1 Å². The molecule has 2 atom stereocenters. The highest BCUT2D eigenvalue weighted by Gasteiger charge is 2.32. The Balaban J connectivity index is 1.69. The van der Waals surface area contributed by atoms with Gasteiger partial charge in [-0.15, -0.1) is 0 Å². The molecule has 0 bridgehead atoms. The quantitative estimate of drug-likeness (QED) is 0.877. The van der Waals surface area contributed by atoms with Crippen LogP contribution < -0.4 is 10.6 Å². The molecule has 2 N–H and O–H groups in total. The Labute approximate surface area is 127 Å². The topological polar surface area (TPSA) is 41.1 Å². The SMILES string of the molecule is CC1(C)CCCC(NC(=O)C2CNCc3ccccc32)C1. The predicted molar refractivity (Wildman–Crippen MR) is 85.1 cm³/mol. The molecule has 1 saturated carbocycles. The Morgan fingerprint density at radius 2 is 2.14 bits per heavy atom. The summed E-state index contributed by atoms with van der Waals surface area (Å²) >= 11 is 0. The average molecular weight is 286 g/mol. The first-order chi connectivity index (χ1) is 10.1. The molecule has 2 aliphatic rings.